The summed E-state index contributed by atoms with van der Waals surface area (Å²) >= 11 is 6.40. The molecule has 0 fully saturated rings. The molecule has 0 atom stereocenters. The molecule has 0 bridgehead atoms. The van der Waals surface area contributed by atoms with E-state index in [0.29, 0.717) is 0 Å². The third kappa shape index (κ3) is 3.37. The summed E-state index contributed by atoms with van der Waals surface area (Å²) < 4.78 is 0.344. The van der Waals surface area contributed by atoms with Crippen LogP contribution in [-0.2, 0) is 0 Å². The van der Waals surface area contributed by atoms with E-state index >= 15 is 0 Å². The van der Waals surface area contributed by atoms with Crippen LogP contribution in [0.15, 0.2) is 0 Å². The van der Waals surface area contributed by atoms with E-state index in [4.69, 9.17) is 0 Å². The molecule has 0 aliphatic rings. The van der Waals surface area contributed by atoms with Gasteiger partial charge in [-0.1, -0.05) is 36.4 Å². The summed E-state index contributed by atoms with van der Waals surface area (Å²) in [6.45, 7) is 4.11. The molecule has 1 N–H and O–H groups in total. The molecule has 0 spiro atoms. The number of halogens is 3. The minimum absolute atomic E-state index is 0.00528. The van der Waals surface area contributed by atoms with Crippen LogP contribution in [0.25, 0.3) is 0 Å². The van der Waals surface area contributed by atoms with Crippen LogP contribution >= 0.6 is 67.8 Å². The molecule has 0 amide bonds. The van der Waals surface area contributed by atoms with Gasteiger partial charge in [-0.15, -0.1) is 0 Å². The monoisotopic (exact) mass is 466 g/mol. The molecule has 0 saturated carbocycles. The molecule has 0 aromatic heterocycles. The van der Waals surface area contributed by atoms with Gasteiger partial charge >= 0.3 is 0 Å². The Morgan fingerprint density at radius 2 is 1.67 bits per heavy atom. The van der Waals surface area contributed by atoms with Crippen molar-refractivity contribution in [2.75, 3.05) is 4.43 Å². The maximum absolute atomic E-state index is 9.51. The van der Waals surface area contributed by atoms with Crippen molar-refractivity contribution >= 4 is 67.8 Å². The predicted octanol–water partition coefficient (Wildman–Crippen LogP) is 2.96. The first-order valence-electron chi connectivity index (χ1n) is 2.47. The van der Waals surface area contributed by atoms with Crippen molar-refractivity contribution in [1.82, 2.24) is 0 Å². The van der Waals surface area contributed by atoms with Crippen LogP contribution in [0.1, 0.15) is 13.8 Å². The molecule has 56 valence electrons. The number of hydrogen-bond acceptors (Lipinski definition) is 1. The Kier molecular flexibility index (Phi) is 4.59. The Labute approximate surface area is 96.8 Å². The predicted molar refractivity (Wildman–Crippen MR) is 65.7 cm³/mol. The van der Waals surface area contributed by atoms with E-state index < -0.39 is 1.61 Å². The van der Waals surface area contributed by atoms with Gasteiger partial charge in [0.2, 0.25) is 0 Å². The Balaban J connectivity index is 4.14. The van der Waals surface area contributed by atoms with Gasteiger partial charge in [0.1, 0.15) is 0 Å². The third-order valence-corrected chi connectivity index (χ3v) is 5.98. The molecule has 0 radical (unpaired) electrons. The van der Waals surface area contributed by atoms with Crippen LogP contribution in [0.5, 0.6) is 0 Å². The molecule has 9 heavy (non-hydrogen) atoms. The summed E-state index contributed by atoms with van der Waals surface area (Å²) in [5, 5.41) is 9.51. The molecule has 0 aromatic rings. The maximum Gasteiger partial charge on any atom is 0.172 e. The summed E-state index contributed by atoms with van der Waals surface area (Å²) in [5.74, 6) is 0. The van der Waals surface area contributed by atoms with Crippen LogP contribution in [0.2, 0.25) is 0 Å². The fourth-order valence-electron chi connectivity index (χ4n) is 0.0804. The highest BCUT2D eigenvalue weighted by molar-refractivity contribution is 14.2. The van der Waals surface area contributed by atoms with E-state index in [1.807, 2.05) is 0 Å². The molecule has 1 nitrogen and oxygen atoms in total. The quantitative estimate of drug-likeness (QED) is 0.491. The standard InChI is InChI=1S/C5H9I3O/c1-4(2,3-6)5(7,8)9/h9H,3H2,1-2H3. The summed E-state index contributed by atoms with van der Waals surface area (Å²) in [6, 6.07) is 0. The molecular formula is C5H9I3O. The average Bonchev–Trinajstić information content (AvgIpc) is 1.64. The van der Waals surface area contributed by atoms with E-state index in [2.05, 4.69) is 81.6 Å². The van der Waals surface area contributed by atoms with Gasteiger partial charge in [0.15, 0.2) is 1.61 Å². The lowest BCUT2D eigenvalue weighted by molar-refractivity contribution is 0.148. The lowest BCUT2D eigenvalue weighted by Gasteiger charge is -2.31. The zero-order chi connectivity index (χ0) is 7.71. The zero-order valence-electron chi connectivity index (χ0n) is 5.29. The molecule has 0 aliphatic carbocycles. The maximum atomic E-state index is 9.51. The molecule has 0 rings (SSSR count). The summed E-state index contributed by atoms with van der Waals surface area (Å²) in [4.78, 5) is 0. The fourth-order valence-corrected chi connectivity index (χ4v) is 2.47. The van der Waals surface area contributed by atoms with Gasteiger partial charge in [0.05, 0.1) is 0 Å². The molecule has 4 heteroatoms. The molecule has 0 heterocycles. The highest BCUT2D eigenvalue weighted by Crippen LogP contribution is 2.43. The van der Waals surface area contributed by atoms with E-state index in [1.165, 1.54) is 0 Å². The van der Waals surface area contributed by atoms with Crippen LogP contribution in [0.3, 0.4) is 0 Å². The number of alkyl halides is 3. The van der Waals surface area contributed by atoms with Gasteiger partial charge in [0, 0.05) is 9.84 Å². The Hall–Kier alpha value is 2.15. The lowest BCUT2D eigenvalue weighted by atomic mass is 9.99. The molecular weight excluding hydrogens is 457 g/mol. The first-order chi connectivity index (χ1) is 3.81. The topological polar surface area (TPSA) is 20.2 Å². The molecule has 0 unspecified atom stereocenters. The van der Waals surface area contributed by atoms with E-state index in [9.17, 15) is 5.11 Å². The number of rotatable bonds is 2. The van der Waals surface area contributed by atoms with Crippen molar-refractivity contribution in [3.63, 3.8) is 0 Å². The molecule has 0 aromatic carbocycles. The largest absolute Gasteiger partial charge is 0.370 e. The lowest BCUT2D eigenvalue weighted by Crippen LogP contribution is -2.33. The van der Waals surface area contributed by atoms with Gasteiger partial charge in [-0.25, -0.2) is 0 Å². The minimum atomic E-state index is -0.621. The number of hydrogen-bond donors (Lipinski definition) is 1. The van der Waals surface area contributed by atoms with Crippen molar-refractivity contribution in [1.29, 1.82) is 0 Å². The summed E-state index contributed by atoms with van der Waals surface area (Å²) in [7, 11) is 0. The summed E-state index contributed by atoms with van der Waals surface area (Å²) in [6.07, 6.45) is 0. The van der Waals surface area contributed by atoms with Crippen molar-refractivity contribution in [2.24, 2.45) is 5.41 Å². The highest BCUT2D eigenvalue weighted by Gasteiger charge is 2.37. The van der Waals surface area contributed by atoms with Crippen LogP contribution < -0.4 is 0 Å². The minimum Gasteiger partial charge on any atom is -0.370 e. The Morgan fingerprint density at radius 1 is 1.33 bits per heavy atom. The number of aliphatic hydroxyl groups is 1. The van der Waals surface area contributed by atoms with Crippen molar-refractivity contribution < 1.29 is 5.11 Å². The van der Waals surface area contributed by atoms with Crippen molar-refractivity contribution in [3.8, 4) is 0 Å². The van der Waals surface area contributed by atoms with Crippen molar-refractivity contribution in [2.45, 2.75) is 15.5 Å². The summed E-state index contributed by atoms with van der Waals surface area (Å²) in [5.41, 5.74) is -0.00528. The van der Waals surface area contributed by atoms with Gasteiger partial charge in [0.25, 0.3) is 0 Å². The van der Waals surface area contributed by atoms with Crippen LogP contribution in [0.4, 0.5) is 0 Å². The van der Waals surface area contributed by atoms with Gasteiger partial charge < -0.3 is 5.11 Å². The van der Waals surface area contributed by atoms with Gasteiger partial charge in [-0.05, 0) is 45.2 Å². The fraction of sp³-hybridized carbons (Fsp3) is 1.00. The van der Waals surface area contributed by atoms with Gasteiger partial charge in [-0.2, -0.15) is 0 Å². The third-order valence-electron chi connectivity index (χ3n) is 1.15. The van der Waals surface area contributed by atoms with E-state index in [0.717, 1.165) is 4.43 Å². The van der Waals surface area contributed by atoms with Gasteiger partial charge in [-0.3, -0.25) is 0 Å². The first kappa shape index (κ1) is 11.2. The highest BCUT2D eigenvalue weighted by atomic mass is 127. The van der Waals surface area contributed by atoms with E-state index in [-0.39, 0.29) is 5.41 Å². The normalized spacial score (nSPS) is 14.0. The van der Waals surface area contributed by atoms with E-state index in [1.54, 1.807) is 0 Å². The molecule has 0 aliphatic heterocycles. The molecule has 0 saturated heterocycles. The Morgan fingerprint density at radius 3 is 1.67 bits per heavy atom. The second-order valence-electron chi connectivity index (χ2n) is 2.56. The second kappa shape index (κ2) is 3.70. The second-order valence-corrected chi connectivity index (χ2v) is 8.51. The van der Waals surface area contributed by atoms with Crippen LogP contribution in [0, 0.1) is 5.41 Å². The smallest absolute Gasteiger partial charge is 0.172 e. The average molecular weight is 466 g/mol. The van der Waals surface area contributed by atoms with Crippen LogP contribution in [-0.4, -0.2) is 11.1 Å². The zero-order valence-corrected chi connectivity index (χ0v) is 11.8. The first-order valence-corrected chi connectivity index (χ1v) is 6.16. The van der Waals surface area contributed by atoms with Crippen molar-refractivity contribution in [3.05, 3.63) is 0 Å². The Bertz CT molecular complexity index is 94.9. The SMILES string of the molecule is CC(C)(CI)C(O)(I)I.